The predicted octanol–water partition coefficient (Wildman–Crippen LogP) is 3.72. The lowest BCUT2D eigenvalue weighted by molar-refractivity contribution is 0.647. The van der Waals surface area contributed by atoms with Crippen molar-refractivity contribution in [2.75, 3.05) is 36.0 Å². The minimum absolute atomic E-state index is 0.541. The maximum Gasteiger partial charge on any atom is 0.131 e. The number of aromatic nitrogens is 1. The largest absolute Gasteiger partial charge is 0.368 e. The SMILES string of the molecule is Clc1cccc(N2CCN(c3cccc(Cl)n3)CC2)c1. The van der Waals surface area contributed by atoms with Crippen LogP contribution >= 0.6 is 23.2 Å². The van der Waals surface area contributed by atoms with Gasteiger partial charge in [0.25, 0.3) is 0 Å². The van der Waals surface area contributed by atoms with E-state index < -0.39 is 0 Å². The number of pyridine rings is 1. The molecule has 5 heteroatoms. The first kappa shape index (κ1) is 13.5. The maximum atomic E-state index is 6.04. The van der Waals surface area contributed by atoms with Crippen LogP contribution in [-0.4, -0.2) is 31.2 Å². The highest BCUT2D eigenvalue weighted by Crippen LogP contribution is 2.22. The van der Waals surface area contributed by atoms with E-state index in [1.807, 2.05) is 30.3 Å². The number of hydrogen-bond donors (Lipinski definition) is 0. The van der Waals surface area contributed by atoms with Gasteiger partial charge >= 0.3 is 0 Å². The van der Waals surface area contributed by atoms with Crippen LogP contribution in [-0.2, 0) is 0 Å². The third kappa shape index (κ3) is 3.00. The van der Waals surface area contributed by atoms with Crippen molar-refractivity contribution in [1.82, 2.24) is 4.98 Å². The predicted molar refractivity (Wildman–Crippen MR) is 85.1 cm³/mol. The average molecular weight is 308 g/mol. The highest BCUT2D eigenvalue weighted by atomic mass is 35.5. The molecule has 0 N–H and O–H groups in total. The Morgan fingerprint density at radius 1 is 0.850 bits per heavy atom. The fourth-order valence-corrected chi connectivity index (χ4v) is 2.78. The lowest BCUT2D eigenvalue weighted by atomic mass is 10.2. The first-order chi connectivity index (χ1) is 9.72. The molecule has 1 aromatic carbocycles. The Bertz CT molecular complexity index is 542. The van der Waals surface area contributed by atoms with Crippen LogP contribution in [0.1, 0.15) is 0 Å². The van der Waals surface area contributed by atoms with Gasteiger partial charge in [0.15, 0.2) is 0 Å². The van der Waals surface area contributed by atoms with Gasteiger partial charge in [-0.25, -0.2) is 4.98 Å². The van der Waals surface area contributed by atoms with Gasteiger partial charge in [0.1, 0.15) is 11.0 Å². The van der Waals surface area contributed by atoms with Crippen molar-refractivity contribution in [3.63, 3.8) is 0 Å². The summed E-state index contributed by atoms with van der Waals surface area (Å²) in [7, 11) is 0. The minimum atomic E-state index is 0.541. The molecular weight excluding hydrogens is 293 g/mol. The van der Waals surface area contributed by atoms with E-state index in [9.17, 15) is 0 Å². The second-order valence-corrected chi connectivity index (χ2v) is 5.60. The van der Waals surface area contributed by atoms with Crippen molar-refractivity contribution in [2.24, 2.45) is 0 Å². The monoisotopic (exact) mass is 307 g/mol. The Labute approximate surface area is 128 Å². The van der Waals surface area contributed by atoms with Gasteiger partial charge in [0.2, 0.25) is 0 Å². The Morgan fingerprint density at radius 2 is 1.55 bits per heavy atom. The molecule has 1 fully saturated rings. The second-order valence-electron chi connectivity index (χ2n) is 4.77. The summed E-state index contributed by atoms with van der Waals surface area (Å²) in [5.41, 5.74) is 1.18. The quantitative estimate of drug-likeness (QED) is 0.788. The number of hydrogen-bond acceptors (Lipinski definition) is 3. The van der Waals surface area contributed by atoms with Crippen molar-refractivity contribution < 1.29 is 0 Å². The number of halogens is 2. The number of nitrogens with zero attached hydrogens (tertiary/aromatic N) is 3. The third-order valence-electron chi connectivity index (χ3n) is 3.48. The second kappa shape index (κ2) is 5.90. The maximum absolute atomic E-state index is 6.04. The molecule has 104 valence electrons. The van der Waals surface area contributed by atoms with Crippen molar-refractivity contribution in [3.05, 3.63) is 52.6 Å². The molecule has 1 aliphatic heterocycles. The van der Waals surface area contributed by atoms with Crippen molar-refractivity contribution in [1.29, 1.82) is 0 Å². The molecule has 0 atom stereocenters. The Morgan fingerprint density at radius 3 is 2.25 bits per heavy atom. The van der Waals surface area contributed by atoms with Crippen LogP contribution in [0.3, 0.4) is 0 Å². The smallest absolute Gasteiger partial charge is 0.131 e. The van der Waals surface area contributed by atoms with Gasteiger partial charge < -0.3 is 9.80 Å². The summed E-state index contributed by atoms with van der Waals surface area (Å²) in [5, 5.41) is 1.32. The summed E-state index contributed by atoms with van der Waals surface area (Å²) in [6.07, 6.45) is 0. The molecule has 2 heterocycles. The van der Waals surface area contributed by atoms with E-state index in [0.29, 0.717) is 5.15 Å². The van der Waals surface area contributed by atoms with Crippen LogP contribution < -0.4 is 9.80 Å². The molecule has 3 nitrogen and oxygen atoms in total. The van der Waals surface area contributed by atoms with E-state index >= 15 is 0 Å². The summed E-state index contributed by atoms with van der Waals surface area (Å²) in [4.78, 5) is 8.96. The average Bonchev–Trinajstić information content (AvgIpc) is 2.47. The lowest BCUT2D eigenvalue weighted by Crippen LogP contribution is -2.46. The van der Waals surface area contributed by atoms with E-state index in [2.05, 4.69) is 20.9 Å². The number of rotatable bonds is 2. The summed E-state index contributed by atoms with van der Waals surface area (Å²) < 4.78 is 0. The first-order valence-corrected chi connectivity index (χ1v) is 7.36. The fraction of sp³-hybridized carbons (Fsp3) is 0.267. The molecular formula is C15H15Cl2N3. The number of piperazine rings is 1. The van der Waals surface area contributed by atoms with Crippen LogP contribution in [0.2, 0.25) is 10.2 Å². The van der Waals surface area contributed by atoms with Gasteiger partial charge in [-0.1, -0.05) is 35.3 Å². The normalized spacial score (nSPS) is 15.5. The number of benzene rings is 1. The Kier molecular flexibility index (Phi) is 3.99. The topological polar surface area (TPSA) is 19.4 Å². The van der Waals surface area contributed by atoms with Gasteiger partial charge in [0, 0.05) is 36.9 Å². The zero-order chi connectivity index (χ0) is 13.9. The van der Waals surface area contributed by atoms with E-state index in [0.717, 1.165) is 37.0 Å². The standard InChI is InChI=1S/C15H15Cl2N3/c16-12-3-1-4-13(11-12)19-7-9-20(10-8-19)15-6-2-5-14(17)18-15/h1-6,11H,7-10H2. The summed E-state index contributed by atoms with van der Waals surface area (Å²) in [5.74, 6) is 0.947. The van der Waals surface area contributed by atoms with Crippen molar-refractivity contribution in [2.45, 2.75) is 0 Å². The van der Waals surface area contributed by atoms with Crippen molar-refractivity contribution in [3.8, 4) is 0 Å². The molecule has 0 radical (unpaired) electrons. The molecule has 0 saturated carbocycles. The van der Waals surface area contributed by atoms with Gasteiger partial charge in [-0.05, 0) is 30.3 Å². The molecule has 0 spiro atoms. The number of anilines is 2. The van der Waals surface area contributed by atoms with Crippen LogP contribution in [0.15, 0.2) is 42.5 Å². The molecule has 20 heavy (non-hydrogen) atoms. The summed E-state index contributed by atoms with van der Waals surface area (Å²) in [6, 6.07) is 13.7. The molecule has 0 amide bonds. The molecule has 1 saturated heterocycles. The summed E-state index contributed by atoms with van der Waals surface area (Å²) in [6.45, 7) is 3.77. The van der Waals surface area contributed by atoms with Gasteiger partial charge in [-0.2, -0.15) is 0 Å². The lowest BCUT2D eigenvalue weighted by Gasteiger charge is -2.36. The van der Waals surface area contributed by atoms with Gasteiger partial charge in [0.05, 0.1) is 0 Å². The Balaban J connectivity index is 1.68. The van der Waals surface area contributed by atoms with Crippen LogP contribution in [0.25, 0.3) is 0 Å². The van der Waals surface area contributed by atoms with E-state index in [-0.39, 0.29) is 0 Å². The molecule has 2 aromatic rings. The molecule has 0 aliphatic carbocycles. The van der Waals surface area contributed by atoms with E-state index in [1.54, 1.807) is 6.07 Å². The molecule has 0 unspecified atom stereocenters. The summed E-state index contributed by atoms with van der Waals surface area (Å²) >= 11 is 12.0. The van der Waals surface area contributed by atoms with Crippen LogP contribution in [0.4, 0.5) is 11.5 Å². The van der Waals surface area contributed by atoms with Gasteiger partial charge in [-0.3, -0.25) is 0 Å². The van der Waals surface area contributed by atoms with Gasteiger partial charge in [-0.15, -0.1) is 0 Å². The fourth-order valence-electron chi connectivity index (χ4n) is 2.44. The highest BCUT2D eigenvalue weighted by molar-refractivity contribution is 6.30. The van der Waals surface area contributed by atoms with Crippen LogP contribution in [0, 0.1) is 0 Å². The zero-order valence-electron chi connectivity index (χ0n) is 11.0. The Hall–Kier alpha value is -1.45. The highest BCUT2D eigenvalue weighted by Gasteiger charge is 2.18. The van der Waals surface area contributed by atoms with Crippen molar-refractivity contribution >= 4 is 34.7 Å². The molecule has 1 aliphatic rings. The minimum Gasteiger partial charge on any atom is -0.368 e. The third-order valence-corrected chi connectivity index (χ3v) is 3.92. The van der Waals surface area contributed by atoms with E-state index in [4.69, 9.17) is 23.2 Å². The van der Waals surface area contributed by atoms with E-state index in [1.165, 1.54) is 5.69 Å². The molecule has 1 aromatic heterocycles. The zero-order valence-corrected chi connectivity index (χ0v) is 12.5. The van der Waals surface area contributed by atoms with Crippen LogP contribution in [0.5, 0.6) is 0 Å². The first-order valence-electron chi connectivity index (χ1n) is 6.60. The molecule has 3 rings (SSSR count). The molecule has 0 bridgehead atoms.